The van der Waals surface area contributed by atoms with Gasteiger partial charge in [-0.2, -0.15) is 0 Å². The molecule has 0 aromatic heterocycles. The lowest BCUT2D eigenvalue weighted by atomic mass is 10.3. The van der Waals surface area contributed by atoms with Crippen LogP contribution in [-0.4, -0.2) is 0 Å². The van der Waals surface area contributed by atoms with Gasteiger partial charge in [0.1, 0.15) is 0 Å². The molecule has 0 aliphatic carbocycles. The molecule has 1 rings (SSSR count). The number of anilines is 1. The number of halogens is 4. The Kier molecular flexibility index (Phi) is 5.76. The quantitative estimate of drug-likeness (QED) is 0.443. The zero-order valence-electron chi connectivity index (χ0n) is 5.77. The number of nitrogens with two attached hydrogens (primary N) is 1. The standard InChI is InChI=1S/C6H5Br3N2.ClH/c7-3-1-5(9)6(11-10)2-4(3)8;/h1-2,11H,10H2;1H. The van der Waals surface area contributed by atoms with Crippen LogP contribution in [0.15, 0.2) is 25.6 Å². The molecule has 68 valence electrons. The summed E-state index contributed by atoms with van der Waals surface area (Å²) in [7, 11) is 0. The van der Waals surface area contributed by atoms with Crippen LogP contribution in [0.4, 0.5) is 5.69 Å². The largest absolute Gasteiger partial charge is 0.323 e. The van der Waals surface area contributed by atoms with Gasteiger partial charge < -0.3 is 5.43 Å². The highest BCUT2D eigenvalue weighted by Gasteiger charge is 2.02. The van der Waals surface area contributed by atoms with E-state index in [4.69, 9.17) is 5.84 Å². The average molecular weight is 381 g/mol. The minimum absolute atomic E-state index is 0. The molecule has 3 N–H and O–H groups in total. The molecular formula is C6H6Br3ClN2. The number of benzene rings is 1. The molecule has 0 aliphatic heterocycles. The van der Waals surface area contributed by atoms with Gasteiger partial charge in [0.15, 0.2) is 0 Å². The lowest BCUT2D eigenvalue weighted by molar-refractivity contribution is 1.33. The van der Waals surface area contributed by atoms with E-state index < -0.39 is 0 Å². The normalized spacial score (nSPS) is 9.00. The van der Waals surface area contributed by atoms with Crippen LogP contribution in [0.5, 0.6) is 0 Å². The fourth-order valence-electron chi connectivity index (χ4n) is 0.633. The van der Waals surface area contributed by atoms with Crippen molar-refractivity contribution in [2.75, 3.05) is 5.43 Å². The Balaban J connectivity index is 0.00000121. The van der Waals surface area contributed by atoms with Crippen LogP contribution in [0.25, 0.3) is 0 Å². The van der Waals surface area contributed by atoms with Crippen LogP contribution in [0, 0.1) is 0 Å². The number of hydrazine groups is 1. The van der Waals surface area contributed by atoms with Gasteiger partial charge in [-0.05, 0) is 59.9 Å². The molecule has 1 aromatic carbocycles. The van der Waals surface area contributed by atoms with Crippen LogP contribution >= 0.6 is 60.2 Å². The second kappa shape index (κ2) is 5.44. The Morgan fingerprint density at radius 2 is 1.50 bits per heavy atom. The second-order valence-electron chi connectivity index (χ2n) is 1.89. The minimum Gasteiger partial charge on any atom is -0.323 e. The highest BCUT2D eigenvalue weighted by molar-refractivity contribution is 9.13. The molecule has 0 atom stereocenters. The third kappa shape index (κ3) is 2.88. The first-order valence-corrected chi connectivity index (χ1v) is 5.14. The van der Waals surface area contributed by atoms with Gasteiger partial charge in [0.05, 0.1) is 5.69 Å². The van der Waals surface area contributed by atoms with Crippen molar-refractivity contribution in [3.05, 3.63) is 25.6 Å². The third-order valence-electron chi connectivity index (χ3n) is 1.17. The van der Waals surface area contributed by atoms with Gasteiger partial charge in [0.2, 0.25) is 0 Å². The number of nitrogen functional groups attached to an aromatic ring is 1. The predicted octanol–water partition coefficient (Wildman–Crippen LogP) is 3.68. The van der Waals surface area contributed by atoms with Crippen molar-refractivity contribution < 1.29 is 0 Å². The zero-order valence-corrected chi connectivity index (χ0v) is 11.3. The fraction of sp³-hybridized carbons (Fsp3) is 0. The smallest absolute Gasteiger partial charge is 0.0639 e. The topological polar surface area (TPSA) is 38.0 Å². The van der Waals surface area contributed by atoms with Crippen molar-refractivity contribution >= 4 is 65.9 Å². The summed E-state index contributed by atoms with van der Waals surface area (Å²) in [4.78, 5) is 0. The Hall–Kier alpha value is 0.710. The maximum Gasteiger partial charge on any atom is 0.0639 e. The summed E-state index contributed by atoms with van der Waals surface area (Å²) < 4.78 is 2.88. The van der Waals surface area contributed by atoms with Crippen LogP contribution < -0.4 is 11.3 Å². The number of nitrogens with one attached hydrogen (secondary N) is 1. The third-order valence-corrected chi connectivity index (χ3v) is 3.67. The Bertz CT molecular complexity index is 280. The van der Waals surface area contributed by atoms with Gasteiger partial charge in [0, 0.05) is 13.4 Å². The summed E-state index contributed by atoms with van der Waals surface area (Å²) in [6.45, 7) is 0. The molecule has 0 radical (unpaired) electrons. The van der Waals surface area contributed by atoms with Gasteiger partial charge in [-0.15, -0.1) is 12.4 Å². The SMILES string of the molecule is Cl.NNc1cc(Br)c(Br)cc1Br. The number of hydrogen-bond acceptors (Lipinski definition) is 2. The van der Waals surface area contributed by atoms with Gasteiger partial charge in [-0.1, -0.05) is 0 Å². The van der Waals surface area contributed by atoms with Gasteiger partial charge >= 0.3 is 0 Å². The Morgan fingerprint density at radius 1 is 1.00 bits per heavy atom. The molecule has 12 heavy (non-hydrogen) atoms. The first-order chi connectivity index (χ1) is 5.15. The van der Waals surface area contributed by atoms with Crippen molar-refractivity contribution in [1.29, 1.82) is 0 Å². The molecule has 0 fully saturated rings. The Labute approximate surface area is 102 Å². The molecule has 0 bridgehead atoms. The van der Waals surface area contributed by atoms with Crippen molar-refractivity contribution in [3.63, 3.8) is 0 Å². The minimum atomic E-state index is 0. The highest BCUT2D eigenvalue weighted by Crippen LogP contribution is 2.32. The molecule has 0 saturated heterocycles. The molecule has 1 aromatic rings. The molecule has 0 spiro atoms. The van der Waals surface area contributed by atoms with Crippen LogP contribution in [0.2, 0.25) is 0 Å². The molecular weight excluding hydrogens is 375 g/mol. The van der Waals surface area contributed by atoms with E-state index in [0.717, 1.165) is 19.1 Å². The van der Waals surface area contributed by atoms with Crippen LogP contribution in [-0.2, 0) is 0 Å². The molecule has 0 aliphatic rings. The van der Waals surface area contributed by atoms with E-state index in [1.165, 1.54) is 0 Å². The van der Waals surface area contributed by atoms with Gasteiger partial charge in [0.25, 0.3) is 0 Å². The summed E-state index contributed by atoms with van der Waals surface area (Å²) in [6, 6.07) is 3.80. The summed E-state index contributed by atoms with van der Waals surface area (Å²) in [6.07, 6.45) is 0. The zero-order chi connectivity index (χ0) is 8.43. The molecule has 0 saturated carbocycles. The molecule has 6 heteroatoms. The summed E-state index contributed by atoms with van der Waals surface area (Å²) >= 11 is 10.1. The lowest BCUT2D eigenvalue weighted by Gasteiger charge is -2.04. The monoisotopic (exact) mass is 378 g/mol. The van der Waals surface area contributed by atoms with Crippen LogP contribution in [0.3, 0.4) is 0 Å². The van der Waals surface area contributed by atoms with E-state index in [9.17, 15) is 0 Å². The first-order valence-electron chi connectivity index (χ1n) is 2.76. The summed E-state index contributed by atoms with van der Waals surface area (Å²) in [5.74, 6) is 5.25. The number of hydrogen-bond donors (Lipinski definition) is 2. The van der Waals surface area contributed by atoms with Gasteiger partial charge in [-0.25, -0.2) is 0 Å². The predicted molar refractivity (Wildman–Crippen MR) is 64.6 cm³/mol. The van der Waals surface area contributed by atoms with E-state index in [1.807, 2.05) is 12.1 Å². The van der Waals surface area contributed by atoms with E-state index in [-0.39, 0.29) is 12.4 Å². The molecule has 0 unspecified atom stereocenters. The maximum absolute atomic E-state index is 5.25. The fourth-order valence-corrected chi connectivity index (χ4v) is 2.08. The van der Waals surface area contributed by atoms with Gasteiger partial charge in [-0.3, -0.25) is 5.84 Å². The summed E-state index contributed by atoms with van der Waals surface area (Å²) in [5, 5.41) is 0. The van der Waals surface area contributed by atoms with Crippen molar-refractivity contribution in [2.24, 2.45) is 5.84 Å². The molecule has 2 nitrogen and oxygen atoms in total. The van der Waals surface area contributed by atoms with E-state index in [2.05, 4.69) is 53.2 Å². The van der Waals surface area contributed by atoms with Crippen molar-refractivity contribution in [3.8, 4) is 0 Å². The van der Waals surface area contributed by atoms with Crippen LogP contribution in [0.1, 0.15) is 0 Å². The Morgan fingerprint density at radius 3 is 2.00 bits per heavy atom. The summed E-state index contributed by atoms with van der Waals surface area (Å²) in [5.41, 5.74) is 3.41. The van der Waals surface area contributed by atoms with Crippen molar-refractivity contribution in [1.82, 2.24) is 0 Å². The molecule has 0 heterocycles. The maximum atomic E-state index is 5.25. The van der Waals surface area contributed by atoms with Crippen molar-refractivity contribution in [2.45, 2.75) is 0 Å². The lowest BCUT2D eigenvalue weighted by Crippen LogP contribution is -2.07. The number of rotatable bonds is 1. The average Bonchev–Trinajstić information content (AvgIpc) is 1.97. The highest BCUT2D eigenvalue weighted by atomic mass is 79.9. The molecule has 0 amide bonds. The second-order valence-corrected chi connectivity index (χ2v) is 4.45. The van der Waals surface area contributed by atoms with E-state index in [1.54, 1.807) is 0 Å². The first kappa shape index (κ1) is 12.7. The van der Waals surface area contributed by atoms with E-state index in [0.29, 0.717) is 0 Å². The van der Waals surface area contributed by atoms with E-state index >= 15 is 0 Å².